The summed E-state index contributed by atoms with van der Waals surface area (Å²) in [5, 5.41) is 3.72. The van der Waals surface area contributed by atoms with E-state index in [2.05, 4.69) is 18.5 Å². The van der Waals surface area contributed by atoms with Crippen LogP contribution in [0, 0.1) is 6.92 Å². The highest BCUT2D eigenvalue weighted by Crippen LogP contribution is 2.23. The molecule has 1 aromatic rings. The smallest absolute Gasteiger partial charge is 0.129 e. The molecular weight excluding hydrogens is 270 g/mol. The van der Waals surface area contributed by atoms with Crippen LogP contribution in [0.3, 0.4) is 0 Å². The number of hydrogen-bond acceptors (Lipinski definition) is 2. The van der Waals surface area contributed by atoms with Crippen LogP contribution in [-0.4, -0.2) is 0 Å². The summed E-state index contributed by atoms with van der Waals surface area (Å²) in [7, 11) is 0. The average molecular weight is 294 g/mol. The molecule has 0 aromatic carbocycles. The van der Waals surface area contributed by atoms with E-state index in [-0.39, 0.29) is 0 Å². The summed E-state index contributed by atoms with van der Waals surface area (Å²) in [5.74, 6) is 0.840. The number of hydrogen-bond donors (Lipinski definition) is 1. The van der Waals surface area contributed by atoms with Crippen molar-refractivity contribution in [3.8, 4) is 0 Å². The highest BCUT2D eigenvalue weighted by molar-refractivity contribution is 6.31. The fourth-order valence-electron chi connectivity index (χ4n) is 1.55. The van der Waals surface area contributed by atoms with Gasteiger partial charge in [-0.2, -0.15) is 0 Å². The molecule has 1 rings (SSSR count). The number of halogens is 1. The Morgan fingerprint density at radius 2 is 2.00 bits per heavy atom. The monoisotopic (exact) mass is 293 g/mol. The van der Waals surface area contributed by atoms with Gasteiger partial charge in [-0.15, -0.1) is 0 Å². The van der Waals surface area contributed by atoms with Crippen LogP contribution >= 0.6 is 11.6 Å². The molecule has 3 heteroatoms. The van der Waals surface area contributed by atoms with Crippen molar-refractivity contribution in [1.29, 1.82) is 0 Å². The lowest BCUT2D eigenvalue weighted by Gasteiger charge is -2.10. The Morgan fingerprint density at radius 3 is 2.50 bits per heavy atom. The molecule has 0 aliphatic heterocycles. The summed E-state index contributed by atoms with van der Waals surface area (Å²) in [5.41, 5.74) is 3.55. The zero-order chi connectivity index (χ0) is 15.7. The maximum absolute atomic E-state index is 5.97. The largest absolute Gasteiger partial charge is 0.464 e. The Morgan fingerprint density at radius 1 is 1.40 bits per heavy atom. The van der Waals surface area contributed by atoms with Gasteiger partial charge in [0.2, 0.25) is 0 Å². The molecule has 0 bridgehead atoms. The van der Waals surface area contributed by atoms with Crippen molar-refractivity contribution >= 4 is 23.4 Å². The summed E-state index contributed by atoms with van der Waals surface area (Å²) < 4.78 is 5.47. The Hall–Kier alpha value is -1.67. The molecule has 1 N–H and O–H groups in total. The van der Waals surface area contributed by atoms with Crippen LogP contribution in [0.1, 0.15) is 44.6 Å². The van der Waals surface area contributed by atoms with Crippen molar-refractivity contribution in [3.63, 3.8) is 0 Å². The Kier molecular flexibility index (Phi) is 8.49. The van der Waals surface area contributed by atoms with Gasteiger partial charge in [-0.05, 0) is 32.9 Å². The molecule has 0 radical (unpaired) electrons. The first-order chi connectivity index (χ1) is 9.51. The van der Waals surface area contributed by atoms with Crippen LogP contribution in [0.5, 0.6) is 0 Å². The third kappa shape index (κ3) is 4.78. The third-order valence-electron chi connectivity index (χ3n) is 2.60. The number of furan rings is 1. The third-order valence-corrected chi connectivity index (χ3v) is 3.03. The maximum atomic E-state index is 5.97. The molecule has 0 atom stereocenters. The van der Waals surface area contributed by atoms with Gasteiger partial charge in [0.25, 0.3) is 0 Å². The lowest BCUT2D eigenvalue weighted by molar-refractivity contribution is 0.554. The van der Waals surface area contributed by atoms with E-state index in [1.807, 2.05) is 46.8 Å². The van der Waals surface area contributed by atoms with Gasteiger partial charge in [-0.1, -0.05) is 44.7 Å². The molecule has 0 spiro atoms. The lowest BCUT2D eigenvalue weighted by Crippen LogP contribution is -2.09. The minimum atomic E-state index is 0.575. The quantitative estimate of drug-likeness (QED) is 0.687. The predicted octanol–water partition coefficient (Wildman–Crippen LogP) is 5.86. The fraction of sp³-hybridized carbons (Fsp3) is 0.294. The molecule has 0 fully saturated rings. The molecule has 110 valence electrons. The van der Waals surface area contributed by atoms with Gasteiger partial charge in [-0.25, -0.2) is 0 Å². The number of allylic oxidation sites excluding steroid dienone is 4. The topological polar surface area (TPSA) is 25.2 Å². The van der Waals surface area contributed by atoms with Crippen molar-refractivity contribution < 1.29 is 4.42 Å². The lowest BCUT2D eigenvalue weighted by atomic mass is 10.1. The van der Waals surface area contributed by atoms with Gasteiger partial charge in [-0.3, -0.25) is 0 Å². The van der Waals surface area contributed by atoms with E-state index in [1.54, 1.807) is 12.3 Å². The first kappa shape index (κ1) is 18.3. The van der Waals surface area contributed by atoms with Crippen molar-refractivity contribution in [2.24, 2.45) is 0 Å². The van der Waals surface area contributed by atoms with Gasteiger partial charge >= 0.3 is 0 Å². The highest BCUT2D eigenvalue weighted by atomic mass is 35.5. The zero-order valence-electron chi connectivity index (χ0n) is 13.0. The molecule has 0 unspecified atom stereocenters. The van der Waals surface area contributed by atoms with Crippen LogP contribution in [-0.2, 0) is 0 Å². The van der Waals surface area contributed by atoms with Gasteiger partial charge in [0, 0.05) is 22.5 Å². The summed E-state index contributed by atoms with van der Waals surface area (Å²) in [4.78, 5) is 0. The van der Waals surface area contributed by atoms with E-state index in [1.165, 1.54) is 0 Å². The van der Waals surface area contributed by atoms with Gasteiger partial charge in [0.1, 0.15) is 12.0 Å². The van der Waals surface area contributed by atoms with Crippen LogP contribution in [0.15, 0.2) is 46.7 Å². The average Bonchev–Trinajstić information content (AvgIpc) is 2.82. The summed E-state index contributed by atoms with van der Waals surface area (Å²) in [6.45, 7) is 17.4. The second kappa shape index (κ2) is 9.27. The summed E-state index contributed by atoms with van der Waals surface area (Å²) in [6, 6.07) is 0. The minimum Gasteiger partial charge on any atom is -0.464 e. The predicted molar refractivity (Wildman–Crippen MR) is 90.4 cm³/mol. The second-order valence-electron chi connectivity index (χ2n) is 3.92. The van der Waals surface area contributed by atoms with Crippen LogP contribution < -0.4 is 5.32 Å². The second-order valence-corrected chi connectivity index (χ2v) is 4.33. The molecule has 0 aliphatic rings. The molecule has 20 heavy (non-hydrogen) atoms. The van der Waals surface area contributed by atoms with E-state index in [9.17, 15) is 0 Å². The van der Waals surface area contributed by atoms with E-state index in [0.717, 1.165) is 28.3 Å². The number of rotatable bonds is 5. The number of nitrogens with one attached hydrogen (secondary N) is 1. The highest BCUT2D eigenvalue weighted by Gasteiger charge is 2.10. The molecular formula is C17H24ClNO. The molecule has 1 heterocycles. The van der Waals surface area contributed by atoms with Gasteiger partial charge < -0.3 is 9.73 Å². The zero-order valence-corrected chi connectivity index (χ0v) is 13.8. The molecule has 0 saturated carbocycles. The van der Waals surface area contributed by atoms with Crippen molar-refractivity contribution in [2.75, 3.05) is 0 Å². The summed E-state index contributed by atoms with van der Waals surface area (Å²) in [6.07, 6.45) is 7.14. The molecule has 0 saturated heterocycles. The minimum absolute atomic E-state index is 0.575. The van der Waals surface area contributed by atoms with Crippen molar-refractivity contribution in [1.82, 2.24) is 5.32 Å². The molecule has 1 aromatic heterocycles. The van der Waals surface area contributed by atoms with Crippen molar-refractivity contribution in [2.45, 2.75) is 34.6 Å². The summed E-state index contributed by atoms with van der Waals surface area (Å²) >= 11 is 5.97. The van der Waals surface area contributed by atoms with Crippen LogP contribution in [0.2, 0.25) is 0 Å². The van der Waals surface area contributed by atoms with Crippen molar-refractivity contribution in [3.05, 3.63) is 59.2 Å². The van der Waals surface area contributed by atoms with Gasteiger partial charge in [0.15, 0.2) is 0 Å². The normalized spacial score (nSPS) is 11.5. The molecule has 2 nitrogen and oxygen atoms in total. The Balaban J connectivity index is 0.00000172. The van der Waals surface area contributed by atoms with Crippen LogP contribution in [0.4, 0.5) is 0 Å². The molecule has 0 amide bonds. The van der Waals surface area contributed by atoms with Crippen LogP contribution in [0.25, 0.3) is 11.8 Å². The first-order valence-corrected chi connectivity index (χ1v) is 7.05. The maximum Gasteiger partial charge on any atom is 0.129 e. The fourth-order valence-corrected chi connectivity index (χ4v) is 1.60. The van der Waals surface area contributed by atoms with Gasteiger partial charge in [0.05, 0.1) is 5.03 Å². The standard InChI is InChI=1S/C15H18ClNO.C2H6/c1-6-8-15-10(3)13(9-18-15)11(4)17-12(5)14(16)7-2;1-2/h6-9,17H,2,4H2,1,3,5H3;1-2H3/b8-6-,14-12-;. The molecule has 0 aliphatic carbocycles. The Labute approximate surface area is 127 Å². The van der Waals surface area contributed by atoms with E-state index in [0.29, 0.717) is 5.03 Å². The van der Waals surface area contributed by atoms with E-state index < -0.39 is 0 Å². The first-order valence-electron chi connectivity index (χ1n) is 6.67. The Bertz CT molecular complexity index is 521. The van der Waals surface area contributed by atoms with E-state index in [4.69, 9.17) is 16.0 Å². The van der Waals surface area contributed by atoms with E-state index >= 15 is 0 Å². The SMILES string of the molecule is C=C/C(Cl)=C(\C)NC(=C)c1coc(/C=C\C)c1C.CC.